The van der Waals surface area contributed by atoms with Crippen LogP contribution in [0.15, 0.2) is 36.5 Å². The zero-order valence-corrected chi connectivity index (χ0v) is 41.9. The molecule has 0 aromatic rings. The van der Waals surface area contributed by atoms with Crippen molar-refractivity contribution in [1.29, 1.82) is 0 Å². The molecule has 7 unspecified atom stereocenters. The predicted octanol–water partition coefficient (Wildman–Crippen LogP) is 11.4. The topological polar surface area (TPSA) is 192 Å². The minimum absolute atomic E-state index is 0.265. The third kappa shape index (κ3) is 35.1. The molecule has 382 valence electrons. The van der Waals surface area contributed by atoms with Crippen LogP contribution in [0.2, 0.25) is 0 Å². The summed E-state index contributed by atoms with van der Waals surface area (Å²) in [6.45, 7) is 3.38. The highest BCUT2D eigenvalue weighted by Crippen LogP contribution is 2.26. The number of nitrogens with one attached hydrogen (secondary N) is 1. The number of amides is 1. The van der Waals surface area contributed by atoms with Gasteiger partial charge in [-0.1, -0.05) is 217 Å². The van der Waals surface area contributed by atoms with Crippen molar-refractivity contribution < 1.29 is 51.8 Å². The second-order valence-electron chi connectivity index (χ2n) is 18.5. The van der Waals surface area contributed by atoms with Crippen LogP contribution < -0.4 is 5.32 Å². The van der Waals surface area contributed by atoms with Gasteiger partial charge in [-0.25, -0.2) is 4.18 Å². The molecule has 0 radical (unpaired) electrons. The molecule has 1 rings (SSSR count). The Morgan fingerprint density at radius 1 is 0.615 bits per heavy atom. The zero-order chi connectivity index (χ0) is 47.6. The van der Waals surface area contributed by atoms with Crippen LogP contribution in [0.1, 0.15) is 232 Å². The summed E-state index contributed by atoms with van der Waals surface area (Å²) in [4.78, 5) is 13.1. The average Bonchev–Trinajstić information content (AvgIpc) is 3.28. The Bertz CT molecular complexity index is 1300. The minimum Gasteiger partial charge on any atom is -0.394 e. The summed E-state index contributed by atoms with van der Waals surface area (Å²) in [7, 11) is -5.09. The van der Waals surface area contributed by atoms with Crippen molar-refractivity contribution >= 4 is 16.3 Å². The van der Waals surface area contributed by atoms with E-state index in [1.165, 1.54) is 161 Å². The molecule has 1 saturated heterocycles. The Balaban J connectivity index is 2.45. The van der Waals surface area contributed by atoms with E-state index in [0.29, 0.717) is 6.42 Å². The first-order chi connectivity index (χ1) is 31.5. The lowest BCUT2D eigenvalue weighted by Gasteiger charge is -2.41. The number of carbonyl (C=O) groups is 1. The van der Waals surface area contributed by atoms with Gasteiger partial charge in [-0.15, -0.1) is 0 Å². The van der Waals surface area contributed by atoms with E-state index in [1.54, 1.807) is 6.08 Å². The summed E-state index contributed by atoms with van der Waals surface area (Å²) < 4.78 is 47.7. The van der Waals surface area contributed by atoms with Crippen LogP contribution in [-0.2, 0) is 28.9 Å². The number of ether oxygens (including phenoxy) is 2. The Morgan fingerprint density at radius 2 is 1.02 bits per heavy atom. The molecule has 6 N–H and O–H groups in total. The molecular formula is C52H97NO11S. The summed E-state index contributed by atoms with van der Waals surface area (Å²) >= 11 is 0. The van der Waals surface area contributed by atoms with Crippen LogP contribution in [0, 0.1) is 0 Å². The van der Waals surface area contributed by atoms with Crippen LogP contribution in [0.25, 0.3) is 0 Å². The highest BCUT2D eigenvalue weighted by atomic mass is 32.3. The van der Waals surface area contributed by atoms with Gasteiger partial charge in [0.1, 0.15) is 24.4 Å². The molecule has 12 nitrogen and oxygen atoms in total. The van der Waals surface area contributed by atoms with Gasteiger partial charge >= 0.3 is 10.4 Å². The molecule has 1 fully saturated rings. The maximum atomic E-state index is 13.1. The first-order valence-electron chi connectivity index (χ1n) is 26.4. The summed E-state index contributed by atoms with van der Waals surface area (Å²) in [6, 6.07) is -0.946. The zero-order valence-electron chi connectivity index (χ0n) is 41.1. The molecule has 1 amide bonds. The van der Waals surface area contributed by atoms with Gasteiger partial charge in [0.2, 0.25) is 5.91 Å². The molecule has 7 atom stereocenters. The van der Waals surface area contributed by atoms with Crippen molar-refractivity contribution in [2.45, 2.75) is 275 Å². The SMILES string of the molecule is CCCCC/C=C\C=C/CCCCCCCCCCCCC(=O)NC(COC1OC(CO)C(O)C(OS(=O)(=O)O)C1O)C(O)/C=C/CCCCCCCCCCCCCCCCCCC. The molecule has 0 aromatic heterocycles. The van der Waals surface area contributed by atoms with Gasteiger partial charge in [-0.2, -0.15) is 8.42 Å². The van der Waals surface area contributed by atoms with Gasteiger partial charge in [0.05, 0.1) is 25.4 Å². The summed E-state index contributed by atoms with van der Waals surface area (Å²) in [5, 5.41) is 44.9. The van der Waals surface area contributed by atoms with E-state index in [4.69, 9.17) is 9.47 Å². The maximum Gasteiger partial charge on any atom is 0.397 e. The normalized spacial score (nSPS) is 20.4. The number of hydrogen-bond donors (Lipinski definition) is 6. The van der Waals surface area contributed by atoms with Crippen molar-refractivity contribution in [2.75, 3.05) is 13.2 Å². The van der Waals surface area contributed by atoms with E-state index in [0.717, 1.165) is 44.9 Å². The smallest absolute Gasteiger partial charge is 0.394 e. The Hall–Kier alpha value is -1.68. The average molecular weight is 944 g/mol. The van der Waals surface area contributed by atoms with Crippen LogP contribution in [0.3, 0.4) is 0 Å². The van der Waals surface area contributed by atoms with Gasteiger partial charge in [0.25, 0.3) is 0 Å². The number of rotatable bonds is 45. The van der Waals surface area contributed by atoms with Crippen LogP contribution >= 0.6 is 0 Å². The molecule has 1 aliphatic heterocycles. The lowest BCUT2D eigenvalue weighted by Crippen LogP contribution is -2.61. The van der Waals surface area contributed by atoms with E-state index in [2.05, 4.69) is 47.7 Å². The lowest BCUT2D eigenvalue weighted by atomic mass is 9.99. The van der Waals surface area contributed by atoms with E-state index in [9.17, 15) is 38.2 Å². The first-order valence-corrected chi connectivity index (χ1v) is 27.8. The second kappa shape index (κ2) is 42.4. The first kappa shape index (κ1) is 61.3. The van der Waals surface area contributed by atoms with Crippen LogP contribution in [0.4, 0.5) is 0 Å². The van der Waals surface area contributed by atoms with Gasteiger partial charge < -0.3 is 35.2 Å². The van der Waals surface area contributed by atoms with Crippen LogP contribution in [-0.4, -0.2) is 95.4 Å². The third-order valence-electron chi connectivity index (χ3n) is 12.4. The molecule has 0 spiro atoms. The molecule has 0 aromatic carbocycles. The van der Waals surface area contributed by atoms with Gasteiger partial charge in [-0.05, 0) is 44.9 Å². The fraction of sp³-hybridized carbons (Fsp3) is 0.865. The molecule has 65 heavy (non-hydrogen) atoms. The lowest BCUT2D eigenvalue weighted by molar-refractivity contribution is -0.298. The number of hydrogen-bond acceptors (Lipinski definition) is 10. The Labute approximate surface area is 396 Å². The van der Waals surface area contributed by atoms with Crippen molar-refractivity contribution in [3.8, 4) is 0 Å². The number of carbonyl (C=O) groups excluding carboxylic acids is 1. The van der Waals surface area contributed by atoms with E-state index < -0.39 is 59.9 Å². The largest absolute Gasteiger partial charge is 0.397 e. The summed E-state index contributed by atoms with van der Waals surface area (Å²) in [5.41, 5.74) is 0. The molecule has 0 bridgehead atoms. The highest BCUT2D eigenvalue weighted by Gasteiger charge is 2.48. The second-order valence-corrected chi connectivity index (χ2v) is 19.5. The van der Waals surface area contributed by atoms with Crippen molar-refractivity contribution in [1.82, 2.24) is 5.32 Å². The monoisotopic (exact) mass is 944 g/mol. The van der Waals surface area contributed by atoms with E-state index in [1.807, 2.05) is 6.08 Å². The van der Waals surface area contributed by atoms with Crippen molar-refractivity contribution in [3.05, 3.63) is 36.5 Å². The highest BCUT2D eigenvalue weighted by molar-refractivity contribution is 7.80. The summed E-state index contributed by atoms with van der Waals surface area (Å²) in [5.74, 6) is -0.265. The Morgan fingerprint density at radius 3 is 1.46 bits per heavy atom. The van der Waals surface area contributed by atoms with Crippen molar-refractivity contribution in [3.63, 3.8) is 0 Å². The van der Waals surface area contributed by atoms with E-state index >= 15 is 0 Å². The predicted molar refractivity (Wildman–Crippen MR) is 264 cm³/mol. The van der Waals surface area contributed by atoms with Crippen LogP contribution in [0.5, 0.6) is 0 Å². The number of unbranched alkanes of at least 4 members (excludes halogenated alkanes) is 30. The molecule has 13 heteroatoms. The third-order valence-corrected chi connectivity index (χ3v) is 12.9. The van der Waals surface area contributed by atoms with E-state index in [-0.39, 0.29) is 18.9 Å². The maximum absolute atomic E-state index is 13.1. The summed E-state index contributed by atoms with van der Waals surface area (Å²) in [6.07, 6.45) is 43.1. The quantitative estimate of drug-likeness (QED) is 0.0147. The van der Waals surface area contributed by atoms with Gasteiger partial charge in [0, 0.05) is 6.42 Å². The fourth-order valence-electron chi connectivity index (χ4n) is 8.33. The molecule has 0 aliphatic carbocycles. The van der Waals surface area contributed by atoms with Crippen molar-refractivity contribution in [2.24, 2.45) is 0 Å². The standard InChI is InChI=1S/C52H97NO11S/c1-3-5-7-9-11-13-15-17-19-21-23-25-27-29-31-33-35-37-39-41-46(55)45(44-62-52-50(58)51(64-65(59,60)61)49(57)47(43-54)63-52)53-48(56)42-40-38-36-34-32-30-28-26-24-22-20-18-16-14-12-10-8-6-4-2/h12,14,16,18,39,41,45-47,49-52,54-55,57-58H,3-11,13,15,17,19-38,40,42-44H2,1-2H3,(H,53,56)(H,59,60,61)/b14-12-,18-16-,41-39+. The van der Waals surface area contributed by atoms with Gasteiger partial charge in [0.15, 0.2) is 6.29 Å². The number of aliphatic hydroxyl groups is 4. The molecular weight excluding hydrogens is 847 g/mol. The molecule has 1 heterocycles. The Kier molecular flexibility index (Phi) is 40.0. The molecule has 1 aliphatic rings. The van der Waals surface area contributed by atoms with Gasteiger partial charge in [-0.3, -0.25) is 9.35 Å². The minimum atomic E-state index is -5.09. The fourth-order valence-corrected chi connectivity index (χ4v) is 8.84. The molecule has 0 saturated carbocycles. The number of aliphatic hydroxyl groups excluding tert-OH is 4. The number of allylic oxidation sites excluding steroid dienone is 5.